The zero-order valence-corrected chi connectivity index (χ0v) is 12.7. The van der Waals surface area contributed by atoms with Gasteiger partial charge in [0.15, 0.2) is 5.69 Å². The maximum atomic E-state index is 11.8. The number of nitrogens with one attached hydrogen (secondary N) is 1. The maximum Gasteiger partial charge on any atom is 0.358 e. The lowest BCUT2D eigenvalue weighted by Gasteiger charge is -2.15. The number of aryl methyl sites for hydroxylation is 1. The van der Waals surface area contributed by atoms with Crippen LogP contribution in [0.4, 0.5) is 5.69 Å². The molecule has 1 aromatic rings. The molecule has 0 aromatic carbocycles. The molecule has 0 spiro atoms. The molecule has 0 aliphatic rings. The van der Waals surface area contributed by atoms with Gasteiger partial charge in [0.1, 0.15) is 6.42 Å². The van der Waals surface area contributed by atoms with Gasteiger partial charge < -0.3 is 14.8 Å². The van der Waals surface area contributed by atoms with Crippen molar-refractivity contribution < 1.29 is 23.9 Å². The van der Waals surface area contributed by atoms with E-state index in [2.05, 4.69) is 19.8 Å². The number of pyridine rings is 1. The number of hydrogen-bond acceptors (Lipinski definition) is 6. The van der Waals surface area contributed by atoms with Crippen LogP contribution in [0, 0.1) is 20.8 Å². The van der Waals surface area contributed by atoms with Gasteiger partial charge >= 0.3 is 11.9 Å². The van der Waals surface area contributed by atoms with Crippen molar-refractivity contribution in [3.8, 4) is 0 Å². The predicted molar refractivity (Wildman–Crippen MR) is 75.1 cm³/mol. The second-order valence-electron chi connectivity index (χ2n) is 4.46. The molecule has 0 saturated heterocycles. The number of carbonyl (C=O) groups is 3. The fourth-order valence-corrected chi connectivity index (χ4v) is 1.73. The summed E-state index contributed by atoms with van der Waals surface area (Å²) in [7, 11) is 2.42. The number of amides is 1. The van der Waals surface area contributed by atoms with E-state index in [1.807, 2.05) is 6.92 Å². The quantitative estimate of drug-likeness (QED) is 0.664. The fraction of sp³-hybridized carbons (Fsp3) is 0.429. The van der Waals surface area contributed by atoms with Gasteiger partial charge in [-0.1, -0.05) is 0 Å². The number of hydrogen-bond donors (Lipinski definition) is 1. The number of carbonyl (C=O) groups excluding carboxylic acids is 3. The zero-order chi connectivity index (χ0) is 16.2. The Bertz CT molecular complexity index is 596. The predicted octanol–water partition coefficient (Wildman–Crippen LogP) is 1.30. The van der Waals surface area contributed by atoms with Crippen molar-refractivity contribution >= 4 is 23.5 Å². The van der Waals surface area contributed by atoms with Crippen LogP contribution in [0.2, 0.25) is 0 Å². The lowest BCUT2D eigenvalue weighted by molar-refractivity contribution is -0.142. The maximum absolute atomic E-state index is 11.8. The van der Waals surface area contributed by atoms with E-state index in [-0.39, 0.29) is 11.4 Å². The number of rotatable bonds is 4. The molecule has 0 unspecified atom stereocenters. The highest BCUT2D eigenvalue weighted by Gasteiger charge is 2.21. The Morgan fingerprint density at radius 1 is 1.05 bits per heavy atom. The molecule has 0 aliphatic heterocycles. The molecule has 1 N–H and O–H groups in total. The van der Waals surface area contributed by atoms with E-state index in [0.717, 1.165) is 5.56 Å². The van der Waals surface area contributed by atoms with Crippen molar-refractivity contribution in [2.24, 2.45) is 0 Å². The summed E-state index contributed by atoms with van der Waals surface area (Å²) in [5, 5.41) is 2.52. The topological polar surface area (TPSA) is 94.6 Å². The van der Waals surface area contributed by atoms with Crippen molar-refractivity contribution in [2.45, 2.75) is 27.2 Å². The molecular formula is C14H18N2O5. The van der Waals surface area contributed by atoms with Gasteiger partial charge in [0, 0.05) is 5.69 Å². The van der Waals surface area contributed by atoms with Crippen molar-refractivity contribution in [1.29, 1.82) is 0 Å². The van der Waals surface area contributed by atoms with Crippen LogP contribution >= 0.6 is 0 Å². The standard InChI is InChI=1S/C14H18N2O5/c1-7-8(2)12(16-10(17)6-11(18)20-4)13(14(19)21-5)15-9(7)3/h6H2,1-5H3,(H,16,17). The summed E-state index contributed by atoms with van der Waals surface area (Å²) in [6.07, 6.45) is -0.441. The molecule has 1 amide bonds. The van der Waals surface area contributed by atoms with Crippen LogP contribution in [0.5, 0.6) is 0 Å². The van der Waals surface area contributed by atoms with Gasteiger partial charge in [0.05, 0.1) is 19.9 Å². The van der Waals surface area contributed by atoms with Gasteiger partial charge in [-0.25, -0.2) is 9.78 Å². The summed E-state index contributed by atoms with van der Waals surface area (Å²) >= 11 is 0. The van der Waals surface area contributed by atoms with Crippen LogP contribution in [0.1, 0.15) is 33.7 Å². The number of nitrogens with zero attached hydrogens (tertiary/aromatic N) is 1. The highest BCUT2D eigenvalue weighted by atomic mass is 16.5. The normalized spacial score (nSPS) is 9.95. The third-order valence-electron chi connectivity index (χ3n) is 3.17. The molecule has 1 aromatic heterocycles. The zero-order valence-electron chi connectivity index (χ0n) is 12.7. The van der Waals surface area contributed by atoms with Crippen LogP contribution in [0.25, 0.3) is 0 Å². The van der Waals surface area contributed by atoms with E-state index in [4.69, 9.17) is 0 Å². The first-order valence-electron chi connectivity index (χ1n) is 6.24. The third-order valence-corrected chi connectivity index (χ3v) is 3.17. The molecule has 0 saturated carbocycles. The molecule has 21 heavy (non-hydrogen) atoms. The minimum Gasteiger partial charge on any atom is -0.469 e. The summed E-state index contributed by atoms with van der Waals surface area (Å²) < 4.78 is 9.09. The van der Waals surface area contributed by atoms with Crippen LogP contribution in [0.3, 0.4) is 0 Å². The number of aromatic nitrogens is 1. The molecule has 0 fully saturated rings. The molecule has 1 rings (SSSR count). The monoisotopic (exact) mass is 294 g/mol. The molecule has 0 atom stereocenters. The lowest BCUT2D eigenvalue weighted by atomic mass is 10.1. The summed E-state index contributed by atoms with van der Waals surface area (Å²) in [5.41, 5.74) is 2.46. The van der Waals surface area contributed by atoms with Crippen LogP contribution in [0.15, 0.2) is 0 Å². The largest absolute Gasteiger partial charge is 0.469 e. The summed E-state index contributed by atoms with van der Waals surface area (Å²) in [5.74, 6) is -1.91. The molecule has 114 valence electrons. The second kappa shape index (κ2) is 6.83. The van der Waals surface area contributed by atoms with Gasteiger partial charge in [0.2, 0.25) is 5.91 Å². The van der Waals surface area contributed by atoms with E-state index >= 15 is 0 Å². The first kappa shape index (κ1) is 16.6. The van der Waals surface area contributed by atoms with Crippen LogP contribution in [-0.2, 0) is 19.1 Å². The average Bonchev–Trinajstić information content (AvgIpc) is 2.46. The summed E-state index contributed by atoms with van der Waals surface area (Å²) in [4.78, 5) is 38.8. The van der Waals surface area contributed by atoms with Crippen molar-refractivity contribution in [3.05, 3.63) is 22.5 Å². The van der Waals surface area contributed by atoms with Gasteiger partial charge in [-0.05, 0) is 31.9 Å². The van der Waals surface area contributed by atoms with Crippen molar-refractivity contribution in [1.82, 2.24) is 4.98 Å². The minimum absolute atomic E-state index is 0.0105. The third kappa shape index (κ3) is 3.77. The Morgan fingerprint density at radius 3 is 2.19 bits per heavy atom. The molecule has 1 heterocycles. The summed E-state index contributed by atoms with van der Waals surface area (Å²) in [6.45, 7) is 5.34. The van der Waals surface area contributed by atoms with E-state index in [0.29, 0.717) is 11.3 Å². The SMILES string of the molecule is COC(=O)CC(=O)Nc1c(C(=O)OC)nc(C)c(C)c1C. The molecule has 7 nitrogen and oxygen atoms in total. The number of esters is 2. The molecule has 7 heteroatoms. The van der Waals surface area contributed by atoms with Crippen LogP contribution in [-0.4, -0.2) is 37.0 Å². The highest BCUT2D eigenvalue weighted by molar-refractivity contribution is 6.06. The van der Waals surface area contributed by atoms with E-state index in [1.165, 1.54) is 14.2 Å². The van der Waals surface area contributed by atoms with Crippen molar-refractivity contribution in [3.63, 3.8) is 0 Å². The van der Waals surface area contributed by atoms with Gasteiger partial charge in [0.25, 0.3) is 0 Å². The lowest BCUT2D eigenvalue weighted by Crippen LogP contribution is -2.21. The van der Waals surface area contributed by atoms with Crippen LogP contribution < -0.4 is 5.32 Å². The van der Waals surface area contributed by atoms with Gasteiger partial charge in [-0.2, -0.15) is 0 Å². The molecular weight excluding hydrogens is 276 g/mol. The van der Waals surface area contributed by atoms with E-state index in [1.54, 1.807) is 13.8 Å². The van der Waals surface area contributed by atoms with E-state index < -0.39 is 24.3 Å². The molecule has 0 aliphatic carbocycles. The molecule has 0 bridgehead atoms. The second-order valence-corrected chi connectivity index (χ2v) is 4.46. The Hall–Kier alpha value is -2.44. The number of methoxy groups -OCH3 is 2. The number of anilines is 1. The van der Waals surface area contributed by atoms with E-state index in [9.17, 15) is 14.4 Å². The fourth-order valence-electron chi connectivity index (χ4n) is 1.73. The minimum atomic E-state index is -0.665. The first-order chi connectivity index (χ1) is 9.81. The Morgan fingerprint density at radius 2 is 1.67 bits per heavy atom. The van der Waals surface area contributed by atoms with Gasteiger partial charge in [-0.15, -0.1) is 0 Å². The Balaban J connectivity index is 3.21. The Kier molecular flexibility index (Phi) is 5.40. The Labute approximate surface area is 122 Å². The molecule has 0 radical (unpaired) electrons. The highest BCUT2D eigenvalue weighted by Crippen LogP contribution is 2.25. The van der Waals surface area contributed by atoms with Crippen molar-refractivity contribution in [2.75, 3.05) is 19.5 Å². The van der Waals surface area contributed by atoms with Gasteiger partial charge in [-0.3, -0.25) is 9.59 Å². The first-order valence-corrected chi connectivity index (χ1v) is 6.24. The smallest absolute Gasteiger partial charge is 0.358 e. The summed E-state index contributed by atoms with van der Waals surface area (Å²) in [6, 6.07) is 0. The average molecular weight is 294 g/mol. The number of ether oxygens (including phenoxy) is 2.